The molecule has 0 aliphatic carbocycles. The van der Waals surface area contributed by atoms with E-state index in [0.717, 1.165) is 18.4 Å². The van der Waals surface area contributed by atoms with Gasteiger partial charge in [0.15, 0.2) is 0 Å². The van der Waals surface area contributed by atoms with Crippen LogP contribution >= 0.6 is 0 Å². The molecule has 108 valence electrons. The first-order chi connectivity index (χ1) is 9.50. The largest absolute Gasteiger partial charge is 0.309 e. The van der Waals surface area contributed by atoms with Crippen LogP contribution in [-0.4, -0.2) is 45.5 Å². The smallest absolute Gasteiger partial charge is 0.242 e. The molecule has 1 aromatic heterocycles. The number of nitrogens with one attached hydrogen (secondary N) is 1. The van der Waals surface area contributed by atoms with E-state index >= 15 is 0 Å². The first-order valence-corrected chi connectivity index (χ1v) is 7.97. The second kappa shape index (κ2) is 6.30. The van der Waals surface area contributed by atoms with E-state index in [4.69, 9.17) is 0 Å². The molecule has 0 saturated heterocycles. The molecule has 0 amide bonds. The molecule has 0 fully saturated rings. The minimum absolute atomic E-state index is 0.237. The molecule has 5 nitrogen and oxygen atoms in total. The van der Waals surface area contributed by atoms with Gasteiger partial charge in [-0.1, -0.05) is 18.2 Å². The van der Waals surface area contributed by atoms with Gasteiger partial charge >= 0.3 is 0 Å². The number of rotatable bonds is 6. The van der Waals surface area contributed by atoms with Crippen molar-refractivity contribution >= 4 is 20.9 Å². The maximum Gasteiger partial charge on any atom is 0.242 e. The van der Waals surface area contributed by atoms with Gasteiger partial charge in [0.25, 0.3) is 0 Å². The monoisotopic (exact) mass is 293 g/mol. The molecule has 0 bridgehead atoms. The number of hydrogen-bond acceptors (Lipinski definition) is 4. The molecule has 0 spiro atoms. The first-order valence-electron chi connectivity index (χ1n) is 6.49. The van der Waals surface area contributed by atoms with Crippen LogP contribution in [-0.2, 0) is 10.0 Å². The molecule has 0 atom stereocenters. The molecule has 0 radical (unpaired) electrons. The van der Waals surface area contributed by atoms with Gasteiger partial charge < -0.3 is 4.90 Å². The Morgan fingerprint density at radius 2 is 1.95 bits per heavy atom. The van der Waals surface area contributed by atoms with Crippen LogP contribution in [0.15, 0.2) is 41.4 Å². The van der Waals surface area contributed by atoms with Gasteiger partial charge in [0.1, 0.15) is 4.90 Å². The molecule has 20 heavy (non-hydrogen) atoms. The van der Waals surface area contributed by atoms with E-state index in [1.165, 1.54) is 0 Å². The Hall–Kier alpha value is -1.50. The molecular weight excluding hydrogens is 274 g/mol. The van der Waals surface area contributed by atoms with Crippen LogP contribution in [0.3, 0.4) is 0 Å². The summed E-state index contributed by atoms with van der Waals surface area (Å²) < 4.78 is 27.3. The van der Waals surface area contributed by atoms with E-state index in [2.05, 4.69) is 9.71 Å². The Labute approximate surface area is 119 Å². The molecule has 0 unspecified atom stereocenters. The highest BCUT2D eigenvalue weighted by Crippen LogP contribution is 2.20. The van der Waals surface area contributed by atoms with Crippen LogP contribution in [0.2, 0.25) is 0 Å². The van der Waals surface area contributed by atoms with Gasteiger partial charge in [0.2, 0.25) is 10.0 Å². The summed E-state index contributed by atoms with van der Waals surface area (Å²) in [6.45, 7) is 1.26. The lowest BCUT2D eigenvalue weighted by atomic mass is 10.2. The van der Waals surface area contributed by atoms with Crippen LogP contribution in [0.25, 0.3) is 10.9 Å². The molecule has 2 aromatic rings. The van der Waals surface area contributed by atoms with Gasteiger partial charge in [-0.25, -0.2) is 13.1 Å². The van der Waals surface area contributed by atoms with Crippen molar-refractivity contribution in [2.24, 2.45) is 0 Å². The zero-order valence-corrected chi connectivity index (χ0v) is 12.5. The lowest BCUT2D eigenvalue weighted by molar-refractivity contribution is 0.400. The van der Waals surface area contributed by atoms with Crippen molar-refractivity contribution in [3.63, 3.8) is 0 Å². The number of benzene rings is 1. The lowest BCUT2D eigenvalue weighted by Crippen LogP contribution is -2.27. The molecule has 2 rings (SSSR count). The molecule has 6 heteroatoms. The first kappa shape index (κ1) is 14.9. The number of sulfonamides is 1. The third-order valence-corrected chi connectivity index (χ3v) is 4.45. The van der Waals surface area contributed by atoms with Gasteiger partial charge in [0.05, 0.1) is 5.52 Å². The Kier molecular flexibility index (Phi) is 4.69. The SMILES string of the molecule is CN(C)CCCNS(=O)(=O)c1cccc2cccnc12. The van der Waals surface area contributed by atoms with Gasteiger partial charge in [0, 0.05) is 18.1 Å². The minimum atomic E-state index is -3.52. The van der Waals surface area contributed by atoms with Crippen molar-refractivity contribution in [2.75, 3.05) is 27.2 Å². The van der Waals surface area contributed by atoms with Crippen molar-refractivity contribution in [1.82, 2.24) is 14.6 Å². The lowest BCUT2D eigenvalue weighted by Gasteiger charge is -2.11. The Morgan fingerprint density at radius 1 is 1.20 bits per heavy atom. The van der Waals surface area contributed by atoms with Gasteiger partial charge in [-0.3, -0.25) is 4.98 Å². The number of para-hydroxylation sites is 1. The average Bonchev–Trinajstić information content (AvgIpc) is 2.43. The number of nitrogens with zero attached hydrogens (tertiary/aromatic N) is 2. The Bertz CT molecular complexity index is 678. The summed E-state index contributed by atoms with van der Waals surface area (Å²) in [6, 6.07) is 8.83. The maximum absolute atomic E-state index is 12.3. The summed E-state index contributed by atoms with van der Waals surface area (Å²) in [6.07, 6.45) is 2.37. The van der Waals surface area contributed by atoms with Crippen LogP contribution < -0.4 is 4.72 Å². The van der Waals surface area contributed by atoms with Crippen molar-refractivity contribution < 1.29 is 8.42 Å². The van der Waals surface area contributed by atoms with E-state index in [1.54, 1.807) is 24.4 Å². The topological polar surface area (TPSA) is 62.3 Å². The van der Waals surface area contributed by atoms with Gasteiger partial charge in [-0.2, -0.15) is 0 Å². The fourth-order valence-electron chi connectivity index (χ4n) is 1.97. The highest BCUT2D eigenvalue weighted by Gasteiger charge is 2.17. The predicted molar refractivity (Wildman–Crippen MR) is 80.1 cm³/mol. The van der Waals surface area contributed by atoms with E-state index in [1.807, 2.05) is 31.1 Å². The zero-order chi connectivity index (χ0) is 14.6. The fourth-order valence-corrected chi connectivity index (χ4v) is 3.22. The zero-order valence-electron chi connectivity index (χ0n) is 11.7. The molecule has 1 N–H and O–H groups in total. The third kappa shape index (κ3) is 3.53. The van der Waals surface area contributed by atoms with Crippen molar-refractivity contribution in [2.45, 2.75) is 11.3 Å². The van der Waals surface area contributed by atoms with Crippen molar-refractivity contribution in [3.8, 4) is 0 Å². The predicted octanol–water partition coefficient (Wildman–Crippen LogP) is 1.46. The van der Waals surface area contributed by atoms with E-state index < -0.39 is 10.0 Å². The Balaban J connectivity index is 2.19. The number of pyridine rings is 1. The highest BCUT2D eigenvalue weighted by atomic mass is 32.2. The standard InChI is InChI=1S/C14H19N3O2S/c1-17(2)11-5-10-16-20(18,19)13-8-3-6-12-7-4-9-15-14(12)13/h3-4,6-9,16H,5,10-11H2,1-2H3. The summed E-state index contributed by atoms with van der Waals surface area (Å²) in [5.41, 5.74) is 0.509. The molecule has 1 heterocycles. The van der Waals surface area contributed by atoms with Crippen molar-refractivity contribution in [1.29, 1.82) is 0 Å². The van der Waals surface area contributed by atoms with Crippen LogP contribution in [0, 0.1) is 0 Å². The van der Waals surface area contributed by atoms with Crippen molar-refractivity contribution in [3.05, 3.63) is 36.5 Å². The summed E-state index contributed by atoms with van der Waals surface area (Å²) in [7, 11) is 0.407. The highest BCUT2D eigenvalue weighted by molar-refractivity contribution is 7.89. The second-order valence-electron chi connectivity index (χ2n) is 4.89. The summed E-state index contributed by atoms with van der Waals surface area (Å²) in [5, 5.41) is 0.823. The molecule has 0 aliphatic heterocycles. The minimum Gasteiger partial charge on any atom is -0.309 e. The number of aromatic nitrogens is 1. The summed E-state index contributed by atoms with van der Waals surface area (Å²) in [4.78, 5) is 6.43. The fraction of sp³-hybridized carbons (Fsp3) is 0.357. The third-order valence-electron chi connectivity index (χ3n) is 2.96. The van der Waals surface area contributed by atoms with E-state index in [-0.39, 0.29) is 4.90 Å². The van der Waals surface area contributed by atoms with Crippen LogP contribution in [0.5, 0.6) is 0 Å². The van der Waals surface area contributed by atoms with E-state index in [0.29, 0.717) is 12.1 Å². The van der Waals surface area contributed by atoms with Crippen LogP contribution in [0.4, 0.5) is 0 Å². The number of fused-ring (bicyclic) bond motifs is 1. The maximum atomic E-state index is 12.3. The number of hydrogen-bond donors (Lipinski definition) is 1. The normalized spacial score (nSPS) is 12.2. The van der Waals surface area contributed by atoms with Gasteiger partial charge in [-0.05, 0) is 39.2 Å². The summed E-state index contributed by atoms with van der Waals surface area (Å²) >= 11 is 0. The quantitative estimate of drug-likeness (QED) is 0.819. The molecule has 0 aliphatic rings. The molecule has 0 saturated carbocycles. The average molecular weight is 293 g/mol. The molecular formula is C14H19N3O2S. The molecule has 1 aromatic carbocycles. The summed E-state index contributed by atoms with van der Waals surface area (Å²) in [5.74, 6) is 0. The van der Waals surface area contributed by atoms with Crippen LogP contribution in [0.1, 0.15) is 6.42 Å². The second-order valence-corrected chi connectivity index (χ2v) is 6.62. The van der Waals surface area contributed by atoms with E-state index in [9.17, 15) is 8.42 Å². The van der Waals surface area contributed by atoms with Gasteiger partial charge in [-0.15, -0.1) is 0 Å². The Morgan fingerprint density at radius 3 is 2.70 bits per heavy atom.